The molecule has 1 aromatic rings. The minimum Gasteiger partial charge on any atom is -0.316 e. The summed E-state index contributed by atoms with van der Waals surface area (Å²) in [7, 11) is 0. The molecule has 0 aliphatic carbocycles. The first-order valence-corrected chi connectivity index (χ1v) is 6.74. The normalized spacial score (nSPS) is 17.9. The van der Waals surface area contributed by atoms with E-state index in [1.165, 1.54) is 0 Å². The van der Waals surface area contributed by atoms with Crippen LogP contribution in [0.25, 0.3) is 0 Å². The monoisotopic (exact) mass is 257 g/mol. The molecule has 0 bridgehead atoms. The first kappa shape index (κ1) is 13.6. The minimum atomic E-state index is 0.121. The highest BCUT2D eigenvalue weighted by Crippen LogP contribution is 2.19. The summed E-state index contributed by atoms with van der Waals surface area (Å²) in [6.07, 6.45) is 1.99. The molecule has 1 atom stereocenters. The Balaban J connectivity index is 2.04. The van der Waals surface area contributed by atoms with E-state index in [-0.39, 0.29) is 5.91 Å². The fourth-order valence-corrected chi connectivity index (χ4v) is 2.41. The molecule has 1 saturated heterocycles. The number of nitrogens with zero attached hydrogens (tertiary/aromatic N) is 2. The van der Waals surface area contributed by atoms with Gasteiger partial charge >= 0.3 is 0 Å². The van der Waals surface area contributed by atoms with Crippen molar-refractivity contribution in [2.24, 2.45) is 5.92 Å². The van der Waals surface area contributed by atoms with E-state index >= 15 is 0 Å². The number of amides is 1. The van der Waals surface area contributed by atoms with Crippen LogP contribution in [0.4, 0.5) is 5.69 Å². The van der Waals surface area contributed by atoms with E-state index < -0.39 is 0 Å². The molecule has 1 N–H and O–H groups in total. The zero-order valence-corrected chi connectivity index (χ0v) is 11.0. The Kier molecular flexibility index (Phi) is 4.93. The van der Waals surface area contributed by atoms with Crippen molar-refractivity contribution in [2.75, 3.05) is 24.5 Å². The number of hydrogen-bond donors (Lipinski definition) is 1. The van der Waals surface area contributed by atoms with Gasteiger partial charge in [0.25, 0.3) is 0 Å². The molecule has 1 unspecified atom stereocenters. The molecule has 0 radical (unpaired) electrons. The van der Waals surface area contributed by atoms with Crippen molar-refractivity contribution in [3.05, 3.63) is 30.3 Å². The van der Waals surface area contributed by atoms with Gasteiger partial charge in [-0.15, -0.1) is 0 Å². The van der Waals surface area contributed by atoms with E-state index in [1.54, 1.807) is 4.90 Å². The highest BCUT2D eigenvalue weighted by atomic mass is 16.2. The fourth-order valence-electron chi connectivity index (χ4n) is 2.41. The molecule has 4 nitrogen and oxygen atoms in total. The molecule has 1 heterocycles. The van der Waals surface area contributed by atoms with Gasteiger partial charge in [0.1, 0.15) is 0 Å². The highest BCUT2D eigenvalue weighted by Gasteiger charge is 2.22. The molecule has 1 fully saturated rings. The van der Waals surface area contributed by atoms with Crippen LogP contribution < -0.4 is 10.2 Å². The van der Waals surface area contributed by atoms with Crippen LogP contribution in [0.5, 0.6) is 0 Å². The van der Waals surface area contributed by atoms with E-state index in [1.807, 2.05) is 30.3 Å². The first-order chi connectivity index (χ1) is 9.31. The molecule has 1 aliphatic rings. The zero-order chi connectivity index (χ0) is 13.5. The third-order valence-corrected chi connectivity index (χ3v) is 3.44. The van der Waals surface area contributed by atoms with E-state index in [4.69, 9.17) is 5.26 Å². The van der Waals surface area contributed by atoms with Crippen LogP contribution in [0.3, 0.4) is 0 Å². The predicted molar refractivity (Wildman–Crippen MR) is 74.6 cm³/mol. The van der Waals surface area contributed by atoms with Crippen molar-refractivity contribution in [1.29, 1.82) is 5.26 Å². The van der Waals surface area contributed by atoms with E-state index in [0.29, 0.717) is 25.3 Å². The Morgan fingerprint density at radius 1 is 1.42 bits per heavy atom. The lowest BCUT2D eigenvalue weighted by atomic mass is 10.0. The molecule has 19 heavy (non-hydrogen) atoms. The van der Waals surface area contributed by atoms with Crippen molar-refractivity contribution in [2.45, 2.75) is 19.3 Å². The Bertz CT molecular complexity index is 446. The number of carbonyl (C=O) groups excluding carboxylic acids is 1. The van der Waals surface area contributed by atoms with Gasteiger partial charge < -0.3 is 10.2 Å². The third kappa shape index (κ3) is 3.80. The molecule has 4 heteroatoms. The van der Waals surface area contributed by atoms with E-state index in [2.05, 4.69) is 11.4 Å². The van der Waals surface area contributed by atoms with Crippen LogP contribution >= 0.6 is 0 Å². The first-order valence-electron chi connectivity index (χ1n) is 6.74. The SMILES string of the molecule is N#CCCN(C(=O)CC1CCNC1)c1ccccc1. The molecule has 0 spiro atoms. The van der Waals surface area contributed by atoms with Crippen LogP contribution in [0.15, 0.2) is 30.3 Å². The third-order valence-electron chi connectivity index (χ3n) is 3.44. The van der Waals surface area contributed by atoms with Crippen LogP contribution in [0.2, 0.25) is 0 Å². The van der Waals surface area contributed by atoms with Crippen molar-refractivity contribution >= 4 is 11.6 Å². The van der Waals surface area contributed by atoms with Gasteiger partial charge in [-0.2, -0.15) is 5.26 Å². The smallest absolute Gasteiger partial charge is 0.227 e. The minimum absolute atomic E-state index is 0.121. The van der Waals surface area contributed by atoms with Gasteiger partial charge in [0.05, 0.1) is 12.5 Å². The van der Waals surface area contributed by atoms with Crippen molar-refractivity contribution in [3.63, 3.8) is 0 Å². The van der Waals surface area contributed by atoms with Gasteiger partial charge in [0, 0.05) is 18.7 Å². The average Bonchev–Trinajstić information content (AvgIpc) is 2.93. The van der Waals surface area contributed by atoms with Crippen molar-refractivity contribution < 1.29 is 4.79 Å². The number of benzene rings is 1. The number of para-hydroxylation sites is 1. The summed E-state index contributed by atoms with van der Waals surface area (Å²) in [6, 6.07) is 11.7. The number of anilines is 1. The second-order valence-electron chi connectivity index (χ2n) is 4.85. The maximum absolute atomic E-state index is 12.4. The van der Waals surface area contributed by atoms with Crippen LogP contribution in [-0.4, -0.2) is 25.5 Å². The van der Waals surface area contributed by atoms with Crippen LogP contribution in [0.1, 0.15) is 19.3 Å². The van der Waals surface area contributed by atoms with Crippen LogP contribution in [-0.2, 0) is 4.79 Å². The van der Waals surface area contributed by atoms with Crippen LogP contribution in [0, 0.1) is 17.2 Å². The maximum Gasteiger partial charge on any atom is 0.227 e. The molecule has 100 valence electrons. The summed E-state index contributed by atoms with van der Waals surface area (Å²) in [4.78, 5) is 14.1. The standard InChI is InChI=1S/C15H19N3O/c16-8-4-10-18(14-5-2-1-3-6-14)15(19)11-13-7-9-17-12-13/h1-3,5-6,13,17H,4,7,9-12H2. The largest absolute Gasteiger partial charge is 0.316 e. The number of rotatable bonds is 5. The highest BCUT2D eigenvalue weighted by molar-refractivity contribution is 5.93. The van der Waals surface area contributed by atoms with Gasteiger partial charge in [-0.3, -0.25) is 4.79 Å². The van der Waals surface area contributed by atoms with Gasteiger partial charge in [-0.1, -0.05) is 18.2 Å². The molecule has 2 rings (SSSR count). The summed E-state index contributed by atoms with van der Waals surface area (Å²) in [6.45, 7) is 2.40. The Hall–Kier alpha value is -1.86. The second kappa shape index (κ2) is 6.91. The number of hydrogen-bond acceptors (Lipinski definition) is 3. The Morgan fingerprint density at radius 3 is 2.84 bits per heavy atom. The lowest BCUT2D eigenvalue weighted by molar-refractivity contribution is -0.119. The predicted octanol–water partition coefficient (Wildman–Crippen LogP) is 1.93. The number of nitrogens with one attached hydrogen (secondary N) is 1. The maximum atomic E-state index is 12.4. The Morgan fingerprint density at radius 2 is 2.21 bits per heavy atom. The zero-order valence-electron chi connectivity index (χ0n) is 11.0. The van der Waals surface area contributed by atoms with Crippen molar-refractivity contribution in [1.82, 2.24) is 5.32 Å². The topological polar surface area (TPSA) is 56.1 Å². The Labute approximate surface area is 114 Å². The summed E-state index contributed by atoms with van der Waals surface area (Å²) >= 11 is 0. The molecule has 1 aromatic carbocycles. The van der Waals surface area contributed by atoms with Crippen molar-refractivity contribution in [3.8, 4) is 6.07 Å². The summed E-state index contributed by atoms with van der Waals surface area (Å²) in [5.41, 5.74) is 0.883. The van der Waals surface area contributed by atoms with E-state index in [9.17, 15) is 4.79 Å². The lowest BCUT2D eigenvalue weighted by Crippen LogP contribution is -2.33. The second-order valence-corrected chi connectivity index (χ2v) is 4.85. The summed E-state index contributed by atoms with van der Waals surface area (Å²) < 4.78 is 0. The lowest BCUT2D eigenvalue weighted by Gasteiger charge is -2.23. The molecule has 0 saturated carbocycles. The molecule has 0 aromatic heterocycles. The average molecular weight is 257 g/mol. The molecule has 1 amide bonds. The molecular formula is C15H19N3O. The summed E-state index contributed by atoms with van der Waals surface area (Å²) in [5.74, 6) is 0.552. The number of carbonyl (C=O) groups is 1. The quantitative estimate of drug-likeness (QED) is 0.877. The van der Waals surface area contributed by atoms with Gasteiger partial charge in [0.15, 0.2) is 0 Å². The van der Waals surface area contributed by atoms with Gasteiger partial charge in [0.2, 0.25) is 5.91 Å². The van der Waals surface area contributed by atoms with Gasteiger partial charge in [-0.25, -0.2) is 0 Å². The van der Waals surface area contributed by atoms with E-state index in [0.717, 1.165) is 25.2 Å². The molecule has 1 aliphatic heterocycles. The summed E-state index contributed by atoms with van der Waals surface area (Å²) in [5, 5.41) is 12.0. The number of nitriles is 1. The van der Waals surface area contributed by atoms with Gasteiger partial charge in [-0.05, 0) is 37.6 Å². The molecular weight excluding hydrogens is 238 g/mol. The fraction of sp³-hybridized carbons (Fsp3) is 0.467.